The molecular weight excluding hydrogens is 2390 g/mol. The molecule has 0 spiro atoms. The summed E-state index contributed by atoms with van der Waals surface area (Å²) in [6.45, 7) is 33.1. The second-order valence-corrected chi connectivity index (χ2v) is 74.0. The molecule has 6 aliphatic heterocycles. The fourth-order valence-corrected chi connectivity index (χ4v) is 62.4. The molecule has 140 heavy (non-hydrogen) atoms. The van der Waals surface area contributed by atoms with Crippen molar-refractivity contribution in [2.75, 3.05) is 0 Å². The van der Waals surface area contributed by atoms with Crippen LogP contribution < -0.4 is 110 Å². The average Bonchev–Trinajstić information content (AvgIpc) is 0.661. The first-order chi connectivity index (χ1) is 65.9. The Morgan fingerprint density at radius 2 is 0.514 bits per heavy atom. The summed E-state index contributed by atoms with van der Waals surface area (Å²) in [5.41, 5.74) is 9.40. The first-order valence-corrected chi connectivity index (χ1v) is 70.0. The number of fused-ring (bicyclic) bond motifs is 21. The van der Waals surface area contributed by atoms with Gasteiger partial charge in [-0.25, -0.2) is 0 Å². The van der Waals surface area contributed by atoms with E-state index in [9.17, 15) is 4.79 Å². The number of carbonyl (C=O) groups is 1. The summed E-state index contributed by atoms with van der Waals surface area (Å²) in [7, 11) is -17.6. The molecule has 6 nitrogen and oxygen atoms in total. The van der Waals surface area contributed by atoms with Crippen LogP contribution in [0.1, 0.15) is 13.8 Å². The molecule has 0 saturated heterocycles. The maximum atomic E-state index is 16.4. The SMILES string of the molecule is CC(=O)C=C(C)O.C[Si]1(C)c2[c-]c(-c3ccc4ccccc4n3)cc3c2P(=O)(c2cc4ccccc4cc21)c1cc2ccccc2cc1[Si]3(C)C.C[Si]1(C)c2[c-]c(-c3ccc4ccccc4n3)cc3c2P(c2cc4ccccc4cc21)c1cc2ccccc2cc1[Si]3(C)C.C[Si]1(C)c2[c-]c(-c3ccc4ccccc4n3)cc3c2P(c2cc4ccccc4cc21)c1cc2ccccc2cc1[Si]3(C)C.[Ir].[Ir].[Ir]. The number of ketones is 1. The number of hydrogen-bond donors (Lipinski definition) is 1. The van der Waals surface area contributed by atoms with E-state index in [1.165, 1.54) is 116 Å². The van der Waals surface area contributed by atoms with Gasteiger partial charge >= 0.3 is 0 Å². The van der Waals surface area contributed by atoms with Crippen molar-refractivity contribution in [1.29, 1.82) is 0 Å². The Morgan fingerprint density at radius 1 is 0.279 bits per heavy atom. The van der Waals surface area contributed by atoms with Gasteiger partial charge in [0.2, 0.25) is 0 Å². The van der Waals surface area contributed by atoms with Gasteiger partial charge in [-0.2, -0.15) is 0 Å². The third-order valence-electron chi connectivity index (χ3n) is 30.7. The number of aromatic nitrogens is 3. The van der Waals surface area contributed by atoms with E-state index >= 15 is 4.57 Å². The number of aliphatic hydroxyl groups is 1. The maximum absolute atomic E-state index is 16.4. The molecule has 0 fully saturated rings. The zero-order valence-electron chi connectivity index (χ0n) is 80.4. The number of hydrogen-bond acceptors (Lipinski definition) is 6. The molecule has 18 aromatic carbocycles. The van der Waals surface area contributed by atoms with E-state index in [4.69, 9.17) is 20.1 Å². The molecule has 691 valence electrons. The largest absolute Gasteiger partial charge is 0.512 e. The summed E-state index contributed by atoms with van der Waals surface area (Å²) in [6, 6.07) is 140. The second-order valence-electron chi connectivity index (χ2n) is 41.4. The van der Waals surface area contributed by atoms with E-state index < -0.39 is 71.4 Å². The molecule has 0 amide bonds. The molecule has 0 aliphatic carbocycles. The van der Waals surface area contributed by atoms with Crippen molar-refractivity contribution in [1.82, 2.24) is 15.0 Å². The molecule has 6 aliphatic rings. The van der Waals surface area contributed by atoms with Gasteiger partial charge in [-0.1, -0.05) is 383 Å². The van der Waals surface area contributed by atoms with Crippen LogP contribution in [0.4, 0.5) is 0 Å². The van der Waals surface area contributed by atoms with Crippen molar-refractivity contribution < 1.29 is 74.8 Å². The minimum absolute atomic E-state index is 0. The topological polar surface area (TPSA) is 93.0 Å². The minimum Gasteiger partial charge on any atom is -0.512 e. The van der Waals surface area contributed by atoms with Gasteiger partial charge in [0.25, 0.3) is 0 Å². The van der Waals surface area contributed by atoms with Gasteiger partial charge in [-0.05, 0) is 219 Å². The van der Waals surface area contributed by atoms with Crippen molar-refractivity contribution >= 4 is 285 Å². The average molecular weight is 2500 g/mol. The number of rotatable bonds is 4. The van der Waals surface area contributed by atoms with Crippen molar-refractivity contribution in [2.24, 2.45) is 0 Å². The van der Waals surface area contributed by atoms with Crippen molar-refractivity contribution in [3.63, 3.8) is 0 Å². The molecular formula is C122H101Ir3N3O3P3Si6-3. The Labute approximate surface area is 867 Å². The molecule has 3 atom stereocenters. The predicted octanol–water partition coefficient (Wildman–Crippen LogP) is 19.0. The van der Waals surface area contributed by atoms with E-state index in [-0.39, 0.29) is 71.9 Å². The number of pyridine rings is 3. The van der Waals surface area contributed by atoms with Crippen LogP contribution >= 0.6 is 23.0 Å². The summed E-state index contributed by atoms with van der Waals surface area (Å²) in [5.74, 6) is -0.0625. The molecule has 18 heteroatoms. The predicted molar refractivity (Wildman–Crippen MR) is 607 cm³/mol. The standard InChI is InChI=1S/C39H31NOPSi2.2C39H31NPSi2.C5H8O2.3Ir/c1-43(2)35-21-28-14-7-5-12-26(28)19-33(35)42(41)34-20-27-13-6-8-15-29(27)22-36(34)44(3,4)38-24-30(23-37(43)39(38)42)32-18-17-25-11-9-10-16-31(25)40-32;2*1-42(2)35-21-28-14-7-5-12-26(28)19-33(35)41-34-20-27-13-6-8-15-29(27)22-36(34)43(3,4)38-24-30(23-37(42)39(38)41)32-18-17-25-11-9-10-16-31(25)40-32;1-4(6)3-5(2)7;;;/h5-23H,1-4H3;2*5-23H,1-4H3;3,6H,1-2H3;;;/q3*-1;;;;. The van der Waals surface area contributed by atoms with E-state index in [0.29, 0.717) is 0 Å². The van der Waals surface area contributed by atoms with Gasteiger partial charge in [0, 0.05) is 77.0 Å². The maximum Gasteiger partial charge on any atom is 0.155 e. The van der Waals surface area contributed by atoms with Crippen LogP contribution in [0.5, 0.6) is 0 Å². The third-order valence-corrected chi connectivity index (χ3v) is 62.3. The normalized spacial score (nSPS) is 17.3. The quantitative estimate of drug-likeness (QED) is 0.0620. The van der Waals surface area contributed by atoms with E-state index in [1.807, 2.05) is 6.07 Å². The van der Waals surface area contributed by atoms with E-state index in [0.717, 1.165) is 82.4 Å². The van der Waals surface area contributed by atoms with E-state index in [2.05, 4.69) is 436 Å². The smallest absolute Gasteiger partial charge is 0.155 e. The molecule has 27 rings (SSSR count). The summed E-state index contributed by atoms with van der Waals surface area (Å²) in [4.78, 5) is 25.5. The number of carbonyl (C=O) groups excluding carboxylic acids is 1. The molecule has 21 aromatic rings. The second kappa shape index (κ2) is 35.4. The van der Waals surface area contributed by atoms with Crippen LogP contribution in [0.2, 0.25) is 78.6 Å². The Kier molecular flexibility index (Phi) is 24.2. The Bertz CT molecular complexity index is 8290. The monoisotopic (exact) mass is 2500 g/mol. The number of nitrogens with zero attached hydrogens (tertiary/aromatic N) is 3. The first-order valence-electron chi connectivity index (χ1n) is 47.6. The van der Waals surface area contributed by atoms with Gasteiger partial charge in [0.1, 0.15) is 7.14 Å². The number of benzene rings is 18. The zero-order chi connectivity index (χ0) is 94.0. The number of allylic oxidation sites excluding steroid dienone is 2. The van der Waals surface area contributed by atoms with Crippen LogP contribution in [-0.2, 0) is 69.7 Å². The van der Waals surface area contributed by atoms with Gasteiger partial charge in [0.15, 0.2) is 5.78 Å². The van der Waals surface area contributed by atoms with Crippen LogP contribution in [0, 0.1) is 18.2 Å². The van der Waals surface area contributed by atoms with Gasteiger partial charge in [0.05, 0.1) is 70.8 Å². The van der Waals surface area contributed by atoms with Crippen LogP contribution in [0.15, 0.2) is 358 Å². The molecule has 9 heterocycles. The van der Waals surface area contributed by atoms with Crippen LogP contribution in [0.25, 0.3) is 131 Å². The molecule has 3 unspecified atom stereocenters. The Balaban J connectivity index is 0.000000119. The van der Waals surface area contributed by atoms with Crippen LogP contribution in [0.3, 0.4) is 0 Å². The summed E-state index contributed by atoms with van der Waals surface area (Å²) in [5, 5.41) is 57.7. The fourth-order valence-electron chi connectivity index (χ4n) is 23.3. The Morgan fingerprint density at radius 3 is 0.807 bits per heavy atom. The summed E-state index contributed by atoms with van der Waals surface area (Å²) < 4.78 is 16.4. The minimum atomic E-state index is -3.22. The van der Waals surface area contributed by atoms with Gasteiger partial charge < -0.3 is 9.67 Å². The van der Waals surface area contributed by atoms with Crippen molar-refractivity contribution in [3.05, 3.63) is 376 Å². The number of para-hydroxylation sites is 3. The van der Waals surface area contributed by atoms with Gasteiger partial charge in [-0.3, -0.25) is 19.7 Å². The van der Waals surface area contributed by atoms with E-state index in [1.54, 1.807) is 62.9 Å². The summed E-state index contributed by atoms with van der Waals surface area (Å²) >= 11 is 0. The van der Waals surface area contributed by atoms with Crippen LogP contribution in [-0.4, -0.2) is 74.3 Å². The molecule has 1 N–H and O–H groups in total. The fraction of sp³-hybridized carbons (Fsp3) is 0.115. The third kappa shape index (κ3) is 15.2. The number of aliphatic hydroxyl groups excluding tert-OH is 1. The molecule has 0 bridgehead atoms. The summed E-state index contributed by atoms with van der Waals surface area (Å²) in [6.07, 6.45) is 1.17. The first kappa shape index (κ1) is 95.5. The Hall–Kier alpha value is -10.7. The zero-order valence-corrected chi connectivity index (χ0v) is 96.3. The molecule has 3 radical (unpaired) electrons. The molecule has 3 aromatic heterocycles. The van der Waals surface area contributed by atoms with Crippen molar-refractivity contribution in [3.8, 4) is 33.8 Å². The molecule has 0 saturated carbocycles. The van der Waals surface area contributed by atoms with Gasteiger partial charge in [-0.15, -0.1) is 84.2 Å². The van der Waals surface area contributed by atoms with Crippen molar-refractivity contribution in [2.45, 2.75) is 92.4 Å².